The van der Waals surface area contributed by atoms with Gasteiger partial charge in [0.05, 0.1) is 0 Å². The van der Waals surface area contributed by atoms with Crippen LogP contribution in [0.3, 0.4) is 0 Å². The maximum atomic E-state index is 13.6. The summed E-state index contributed by atoms with van der Waals surface area (Å²) in [7, 11) is 0. The zero-order chi connectivity index (χ0) is 14.5. The van der Waals surface area contributed by atoms with Gasteiger partial charge in [-0.2, -0.15) is 0 Å². The molecule has 0 spiro atoms. The molecule has 3 N–H and O–H groups in total. The molecular weight excluding hydrogens is 259 g/mol. The summed E-state index contributed by atoms with van der Waals surface area (Å²) in [6.07, 6.45) is 5.46. The Morgan fingerprint density at radius 2 is 2.25 bits per heavy atom. The van der Waals surface area contributed by atoms with Crippen molar-refractivity contribution < 1.29 is 9.60 Å². The van der Waals surface area contributed by atoms with Gasteiger partial charge in [-0.05, 0) is 30.2 Å². The Bertz CT molecular complexity index is 621. The van der Waals surface area contributed by atoms with E-state index in [0.29, 0.717) is 12.1 Å². The third kappa shape index (κ3) is 3.14. The average Bonchev–Trinajstić information content (AvgIpc) is 2.85. The van der Waals surface area contributed by atoms with E-state index in [4.69, 9.17) is 10.9 Å². The number of aryl methyl sites for hydroxylation is 1. The van der Waals surface area contributed by atoms with E-state index in [1.165, 1.54) is 12.1 Å². The Labute approximate surface area is 116 Å². The van der Waals surface area contributed by atoms with Gasteiger partial charge < -0.3 is 15.5 Å². The lowest BCUT2D eigenvalue weighted by Crippen LogP contribution is -2.14. The number of hydrogen-bond acceptors (Lipinski definition) is 3. The molecule has 20 heavy (non-hydrogen) atoms. The second kappa shape index (κ2) is 6.18. The number of amidine groups is 1. The van der Waals surface area contributed by atoms with Crippen LogP contribution in [-0.2, 0) is 13.0 Å². The van der Waals surface area contributed by atoms with Gasteiger partial charge in [0.25, 0.3) is 0 Å². The fourth-order valence-corrected chi connectivity index (χ4v) is 2.08. The van der Waals surface area contributed by atoms with Gasteiger partial charge in [0, 0.05) is 30.9 Å². The molecule has 1 aromatic carbocycles. The summed E-state index contributed by atoms with van der Waals surface area (Å²) in [5, 5.41) is 11.6. The van der Waals surface area contributed by atoms with Crippen molar-refractivity contribution in [3.05, 3.63) is 53.4 Å². The summed E-state index contributed by atoms with van der Waals surface area (Å²) in [5.74, 6) is 0.438. The van der Waals surface area contributed by atoms with Gasteiger partial charge in [-0.1, -0.05) is 12.1 Å². The second-order valence-electron chi connectivity index (χ2n) is 4.55. The van der Waals surface area contributed by atoms with Crippen LogP contribution in [-0.4, -0.2) is 20.6 Å². The van der Waals surface area contributed by atoms with Crippen LogP contribution in [0.4, 0.5) is 4.39 Å². The van der Waals surface area contributed by atoms with Crippen molar-refractivity contribution >= 4 is 5.84 Å². The summed E-state index contributed by atoms with van der Waals surface area (Å²) >= 11 is 0. The highest BCUT2D eigenvalue weighted by Gasteiger charge is 2.07. The van der Waals surface area contributed by atoms with Crippen LogP contribution < -0.4 is 5.73 Å². The molecule has 0 bridgehead atoms. The number of nitrogens with zero attached hydrogens (tertiary/aromatic N) is 3. The lowest BCUT2D eigenvalue weighted by Gasteiger charge is -2.09. The molecule has 0 aliphatic heterocycles. The van der Waals surface area contributed by atoms with Crippen LogP contribution in [0.25, 0.3) is 0 Å². The molecule has 0 unspecified atom stereocenters. The number of aromatic nitrogens is 2. The maximum absolute atomic E-state index is 13.6. The zero-order valence-corrected chi connectivity index (χ0v) is 11.3. The molecule has 2 rings (SSSR count). The standard InChI is InChI=1S/C14H17FN4O/c1-2-3-13-17-4-5-19(13)9-10-6-11(14(16)18-20)8-12(15)7-10/h4-8,20H,2-3,9H2,1H3,(H2,16,18). The molecule has 6 heteroatoms. The minimum atomic E-state index is -0.416. The number of rotatable bonds is 5. The highest BCUT2D eigenvalue weighted by Crippen LogP contribution is 2.12. The summed E-state index contributed by atoms with van der Waals surface area (Å²) in [6.45, 7) is 2.58. The molecule has 106 valence electrons. The Morgan fingerprint density at radius 3 is 2.95 bits per heavy atom. The minimum absolute atomic E-state index is 0.106. The van der Waals surface area contributed by atoms with Crippen molar-refractivity contribution in [2.24, 2.45) is 10.9 Å². The topological polar surface area (TPSA) is 76.4 Å². The van der Waals surface area contributed by atoms with Gasteiger partial charge in [-0.3, -0.25) is 0 Å². The zero-order valence-electron chi connectivity index (χ0n) is 11.3. The van der Waals surface area contributed by atoms with E-state index < -0.39 is 5.82 Å². The molecule has 0 fully saturated rings. The van der Waals surface area contributed by atoms with Gasteiger partial charge in [-0.25, -0.2) is 9.37 Å². The van der Waals surface area contributed by atoms with E-state index in [1.807, 2.05) is 10.8 Å². The lowest BCUT2D eigenvalue weighted by molar-refractivity contribution is 0.318. The first kappa shape index (κ1) is 14.0. The van der Waals surface area contributed by atoms with Crippen LogP contribution in [0.2, 0.25) is 0 Å². The van der Waals surface area contributed by atoms with E-state index >= 15 is 0 Å². The van der Waals surface area contributed by atoms with E-state index in [2.05, 4.69) is 17.1 Å². The molecule has 2 aromatic rings. The molecule has 1 aromatic heterocycles. The van der Waals surface area contributed by atoms with Crippen molar-refractivity contribution in [2.75, 3.05) is 0 Å². The molecule has 5 nitrogen and oxygen atoms in total. The minimum Gasteiger partial charge on any atom is -0.409 e. The normalized spacial score (nSPS) is 11.8. The van der Waals surface area contributed by atoms with Crippen LogP contribution in [0.5, 0.6) is 0 Å². The first-order valence-corrected chi connectivity index (χ1v) is 6.41. The number of nitrogens with two attached hydrogens (primary N) is 1. The molecule has 0 atom stereocenters. The molecule has 1 heterocycles. The third-order valence-corrected chi connectivity index (χ3v) is 2.99. The molecule has 0 saturated heterocycles. The predicted octanol–water partition coefficient (Wildman–Crippen LogP) is 2.12. The number of imidazole rings is 1. The van der Waals surface area contributed by atoms with Gasteiger partial charge >= 0.3 is 0 Å². The first-order valence-electron chi connectivity index (χ1n) is 6.41. The van der Waals surface area contributed by atoms with Gasteiger partial charge in [0.2, 0.25) is 0 Å². The van der Waals surface area contributed by atoms with Crippen LogP contribution in [0.1, 0.15) is 30.3 Å². The van der Waals surface area contributed by atoms with E-state index in [1.54, 1.807) is 12.3 Å². The molecular formula is C14H17FN4O. The molecule has 0 radical (unpaired) electrons. The number of halogens is 1. The third-order valence-electron chi connectivity index (χ3n) is 2.99. The van der Waals surface area contributed by atoms with Gasteiger partial charge in [-0.15, -0.1) is 0 Å². The smallest absolute Gasteiger partial charge is 0.170 e. The second-order valence-corrected chi connectivity index (χ2v) is 4.55. The van der Waals surface area contributed by atoms with Crippen molar-refractivity contribution in [1.82, 2.24) is 9.55 Å². The van der Waals surface area contributed by atoms with E-state index in [-0.39, 0.29) is 5.84 Å². The SMILES string of the molecule is CCCc1nccn1Cc1cc(F)cc(/C(N)=N/O)c1. The Balaban J connectivity index is 2.29. The van der Waals surface area contributed by atoms with E-state index in [9.17, 15) is 4.39 Å². The molecule has 0 saturated carbocycles. The maximum Gasteiger partial charge on any atom is 0.170 e. The van der Waals surface area contributed by atoms with Crippen LogP contribution in [0.15, 0.2) is 35.7 Å². The van der Waals surface area contributed by atoms with Gasteiger partial charge in [0.15, 0.2) is 5.84 Å². The fourth-order valence-electron chi connectivity index (χ4n) is 2.08. The van der Waals surface area contributed by atoms with Crippen LogP contribution >= 0.6 is 0 Å². The predicted molar refractivity (Wildman–Crippen MR) is 74.2 cm³/mol. The number of benzene rings is 1. The van der Waals surface area contributed by atoms with Crippen LogP contribution in [0, 0.1) is 5.82 Å². The largest absolute Gasteiger partial charge is 0.409 e. The summed E-state index contributed by atoms with van der Waals surface area (Å²) in [6, 6.07) is 4.37. The first-order chi connectivity index (χ1) is 9.63. The summed E-state index contributed by atoms with van der Waals surface area (Å²) < 4.78 is 15.6. The van der Waals surface area contributed by atoms with Gasteiger partial charge in [0.1, 0.15) is 11.6 Å². The summed E-state index contributed by atoms with van der Waals surface area (Å²) in [5.41, 5.74) is 6.60. The monoisotopic (exact) mass is 276 g/mol. The Morgan fingerprint density at radius 1 is 1.45 bits per heavy atom. The summed E-state index contributed by atoms with van der Waals surface area (Å²) in [4.78, 5) is 4.28. The Kier molecular flexibility index (Phi) is 4.34. The number of hydrogen-bond donors (Lipinski definition) is 2. The van der Waals surface area contributed by atoms with Crippen molar-refractivity contribution in [3.63, 3.8) is 0 Å². The fraction of sp³-hybridized carbons (Fsp3) is 0.286. The highest BCUT2D eigenvalue weighted by molar-refractivity contribution is 5.97. The quantitative estimate of drug-likeness (QED) is 0.380. The average molecular weight is 276 g/mol. The molecule has 0 aliphatic carbocycles. The number of oxime groups is 1. The lowest BCUT2D eigenvalue weighted by atomic mass is 10.1. The van der Waals surface area contributed by atoms with Crippen molar-refractivity contribution in [3.8, 4) is 0 Å². The van der Waals surface area contributed by atoms with Crippen molar-refractivity contribution in [1.29, 1.82) is 0 Å². The molecule has 0 aliphatic rings. The van der Waals surface area contributed by atoms with E-state index in [0.717, 1.165) is 24.2 Å². The van der Waals surface area contributed by atoms with Crippen molar-refractivity contribution in [2.45, 2.75) is 26.3 Å². The molecule has 0 amide bonds. The Hall–Kier alpha value is -2.37. The highest BCUT2D eigenvalue weighted by atomic mass is 19.1.